The number of hydrogen-bond acceptors (Lipinski definition) is 6. The molecule has 38 heavy (non-hydrogen) atoms. The zero-order valence-corrected chi connectivity index (χ0v) is 21.5. The highest BCUT2D eigenvalue weighted by Gasteiger charge is 2.39. The molecule has 1 unspecified atom stereocenters. The van der Waals surface area contributed by atoms with Gasteiger partial charge in [0.25, 0.3) is 11.5 Å². The smallest absolute Gasteiger partial charge is 0.268 e. The van der Waals surface area contributed by atoms with Crippen LogP contribution in [0.2, 0.25) is 0 Å². The van der Waals surface area contributed by atoms with Crippen LogP contribution in [0.4, 0.5) is 5.69 Å². The van der Waals surface area contributed by atoms with Crippen molar-refractivity contribution in [2.24, 2.45) is 5.10 Å². The van der Waals surface area contributed by atoms with Gasteiger partial charge in [-0.15, -0.1) is 0 Å². The summed E-state index contributed by atoms with van der Waals surface area (Å²) in [4.78, 5) is 27.1. The van der Waals surface area contributed by atoms with E-state index >= 15 is 0 Å². The Hall–Kier alpha value is -4.72. The van der Waals surface area contributed by atoms with Gasteiger partial charge in [-0.2, -0.15) is 15.2 Å². The molecule has 8 heteroatoms. The first kappa shape index (κ1) is 25.0. The zero-order chi connectivity index (χ0) is 26.6. The number of nitrogens with zero attached hydrogens (tertiary/aromatic N) is 3. The molecule has 4 aromatic rings. The molecule has 0 saturated carbocycles. The van der Waals surface area contributed by atoms with E-state index in [0.717, 1.165) is 22.6 Å². The first-order chi connectivity index (χ1) is 18.5. The fourth-order valence-corrected chi connectivity index (χ4v) is 4.70. The molecule has 0 fully saturated rings. The van der Waals surface area contributed by atoms with Crippen molar-refractivity contribution in [3.05, 3.63) is 106 Å². The largest absolute Gasteiger partial charge is 0.497 e. The van der Waals surface area contributed by atoms with Gasteiger partial charge in [0.15, 0.2) is 0 Å². The summed E-state index contributed by atoms with van der Waals surface area (Å²) in [5.74, 6) is 0.359. The number of benzene rings is 3. The second-order valence-corrected chi connectivity index (χ2v) is 8.94. The molecule has 0 aliphatic carbocycles. The Morgan fingerprint density at radius 3 is 2.26 bits per heavy atom. The van der Waals surface area contributed by atoms with Crippen LogP contribution in [-0.4, -0.2) is 35.5 Å². The number of hydrogen-bond donors (Lipinski definition) is 1. The number of anilines is 1. The van der Waals surface area contributed by atoms with Gasteiger partial charge in [0.1, 0.15) is 17.4 Å². The third kappa shape index (κ3) is 4.80. The van der Waals surface area contributed by atoms with Crippen LogP contribution in [0.3, 0.4) is 0 Å². The number of hydrazone groups is 1. The molecule has 0 radical (unpaired) electrons. The number of methoxy groups -OCH3 is 1. The van der Waals surface area contributed by atoms with Crippen molar-refractivity contribution in [1.29, 1.82) is 0 Å². The predicted molar refractivity (Wildman–Crippen MR) is 147 cm³/mol. The number of rotatable bonds is 8. The van der Waals surface area contributed by atoms with Crippen LogP contribution >= 0.6 is 0 Å². The maximum atomic E-state index is 13.7. The molecule has 1 aromatic heterocycles. The molecule has 1 atom stereocenters. The van der Waals surface area contributed by atoms with Crippen LogP contribution in [0.25, 0.3) is 11.3 Å². The van der Waals surface area contributed by atoms with E-state index in [9.17, 15) is 9.59 Å². The number of aromatic amines is 1. The van der Waals surface area contributed by atoms with Gasteiger partial charge < -0.3 is 9.47 Å². The number of para-hydroxylation sites is 1. The average molecular weight is 509 g/mol. The van der Waals surface area contributed by atoms with Crippen molar-refractivity contribution in [2.45, 2.75) is 26.2 Å². The van der Waals surface area contributed by atoms with Crippen LogP contribution in [0.5, 0.6) is 11.5 Å². The maximum Gasteiger partial charge on any atom is 0.268 e. The first-order valence-electron chi connectivity index (χ1n) is 12.4. The number of H-pyrrole nitrogens is 1. The van der Waals surface area contributed by atoms with Gasteiger partial charge in [0.05, 0.1) is 30.8 Å². The lowest BCUT2D eigenvalue weighted by Crippen LogP contribution is -2.32. The lowest BCUT2D eigenvalue weighted by Gasteiger charge is -2.19. The van der Waals surface area contributed by atoms with Crippen LogP contribution in [0.15, 0.2) is 88.8 Å². The van der Waals surface area contributed by atoms with Crippen molar-refractivity contribution < 1.29 is 14.3 Å². The Morgan fingerprint density at radius 1 is 0.921 bits per heavy atom. The van der Waals surface area contributed by atoms with Gasteiger partial charge in [-0.3, -0.25) is 9.59 Å². The number of aromatic nitrogens is 2. The van der Waals surface area contributed by atoms with Crippen molar-refractivity contribution in [3.8, 4) is 22.8 Å². The normalized spacial score (nSPS) is 14.9. The Labute approximate surface area is 220 Å². The Balaban J connectivity index is 1.64. The van der Waals surface area contributed by atoms with Crippen molar-refractivity contribution in [2.75, 3.05) is 18.7 Å². The molecule has 1 aliphatic rings. The number of nitrogens with one attached hydrogen (secondary N) is 1. The molecule has 3 aromatic carbocycles. The monoisotopic (exact) mass is 508 g/mol. The van der Waals surface area contributed by atoms with Gasteiger partial charge in [0, 0.05) is 17.5 Å². The van der Waals surface area contributed by atoms with Crippen molar-refractivity contribution in [3.63, 3.8) is 0 Å². The van der Waals surface area contributed by atoms with E-state index in [2.05, 4.69) is 15.3 Å². The molecule has 1 amide bonds. The van der Waals surface area contributed by atoms with Crippen LogP contribution in [0.1, 0.15) is 36.5 Å². The number of carbonyl (C=O) groups is 1. The summed E-state index contributed by atoms with van der Waals surface area (Å²) in [6, 6.07) is 24.4. The van der Waals surface area contributed by atoms with Crippen LogP contribution < -0.4 is 20.0 Å². The van der Waals surface area contributed by atoms with Gasteiger partial charge in [-0.1, -0.05) is 30.3 Å². The van der Waals surface area contributed by atoms with E-state index in [1.54, 1.807) is 14.0 Å². The van der Waals surface area contributed by atoms with Gasteiger partial charge >= 0.3 is 0 Å². The van der Waals surface area contributed by atoms with Crippen molar-refractivity contribution in [1.82, 2.24) is 10.2 Å². The Bertz CT molecular complexity index is 1530. The number of amides is 1. The highest BCUT2D eigenvalue weighted by atomic mass is 16.5. The van der Waals surface area contributed by atoms with Gasteiger partial charge in [-0.25, -0.2) is 5.10 Å². The lowest BCUT2D eigenvalue weighted by molar-refractivity contribution is -0.118. The molecule has 1 N–H and O–H groups in total. The molecule has 192 valence electrons. The minimum Gasteiger partial charge on any atom is -0.497 e. The first-order valence-corrected chi connectivity index (χ1v) is 12.4. The van der Waals surface area contributed by atoms with Crippen LogP contribution in [0, 0.1) is 0 Å². The molecule has 0 bridgehead atoms. The molecular weight excluding hydrogens is 480 g/mol. The summed E-state index contributed by atoms with van der Waals surface area (Å²) < 4.78 is 10.9. The van der Waals surface area contributed by atoms with Crippen LogP contribution in [-0.2, 0) is 11.2 Å². The third-order valence-corrected chi connectivity index (χ3v) is 6.52. The number of ether oxygens (including phenoxy) is 2. The summed E-state index contributed by atoms with van der Waals surface area (Å²) in [5.41, 5.74) is 4.15. The number of carbonyl (C=O) groups excluding carboxylic acids is 1. The maximum absolute atomic E-state index is 13.7. The SMILES string of the molecule is CCOc1ccc(-c2n[nH]c(=O)c(C3C(=O)N(c4ccccc4)N=C3C)c2Cc2ccc(OC)cc2)cc1. The second kappa shape index (κ2) is 10.7. The van der Waals surface area contributed by atoms with E-state index in [0.29, 0.717) is 41.2 Å². The Kier molecular flexibility index (Phi) is 7.04. The topological polar surface area (TPSA) is 96.9 Å². The van der Waals surface area contributed by atoms with Gasteiger partial charge in [0.2, 0.25) is 0 Å². The van der Waals surface area contributed by atoms with E-state index in [1.165, 1.54) is 5.01 Å². The molecule has 1 aliphatic heterocycles. The lowest BCUT2D eigenvalue weighted by atomic mass is 9.87. The quantitative estimate of drug-likeness (QED) is 0.364. The van der Waals surface area contributed by atoms with Crippen molar-refractivity contribution >= 4 is 17.3 Å². The highest BCUT2D eigenvalue weighted by Crippen LogP contribution is 2.35. The Morgan fingerprint density at radius 2 is 1.61 bits per heavy atom. The standard InChI is InChI=1S/C30H28N4O4/c1-4-38-24-16-12-21(13-17-24)28-25(18-20-10-14-23(37-3)15-11-20)27(29(35)32-31-28)26-19(2)33-34(30(26)36)22-8-6-5-7-9-22/h5-17,26H,4,18H2,1-3H3,(H,32,35). The fraction of sp³-hybridized carbons (Fsp3) is 0.200. The molecule has 2 heterocycles. The predicted octanol–water partition coefficient (Wildman–Crippen LogP) is 4.94. The second-order valence-electron chi connectivity index (χ2n) is 8.94. The molecule has 8 nitrogen and oxygen atoms in total. The van der Waals surface area contributed by atoms with E-state index in [-0.39, 0.29) is 5.91 Å². The zero-order valence-electron chi connectivity index (χ0n) is 21.5. The molecule has 0 saturated heterocycles. The molecule has 5 rings (SSSR count). The minimum absolute atomic E-state index is 0.279. The minimum atomic E-state index is -0.836. The summed E-state index contributed by atoms with van der Waals surface area (Å²) in [6.07, 6.45) is 0.390. The van der Waals surface area contributed by atoms with E-state index < -0.39 is 11.5 Å². The summed E-state index contributed by atoms with van der Waals surface area (Å²) in [7, 11) is 1.62. The van der Waals surface area contributed by atoms with E-state index in [4.69, 9.17) is 9.47 Å². The van der Waals surface area contributed by atoms with Gasteiger partial charge in [-0.05, 0) is 73.5 Å². The summed E-state index contributed by atoms with van der Waals surface area (Å²) in [6.45, 7) is 4.26. The summed E-state index contributed by atoms with van der Waals surface area (Å²) >= 11 is 0. The average Bonchev–Trinajstić information content (AvgIpc) is 3.24. The third-order valence-electron chi connectivity index (χ3n) is 6.52. The molecule has 0 spiro atoms. The summed E-state index contributed by atoms with van der Waals surface area (Å²) in [5, 5.41) is 13.0. The van der Waals surface area contributed by atoms with E-state index in [1.807, 2.05) is 85.8 Å². The fourth-order valence-electron chi connectivity index (χ4n) is 4.70. The molecular formula is C30H28N4O4. The highest BCUT2D eigenvalue weighted by molar-refractivity contribution is 6.19.